The number of Topliss-reactive ketones (excluding diaryl/α,β-unsaturated/α-hetero) is 1. The third kappa shape index (κ3) is 14.4. The van der Waals surface area contributed by atoms with Gasteiger partial charge >= 0.3 is 18.0 Å². The van der Waals surface area contributed by atoms with Gasteiger partial charge in [0.2, 0.25) is 5.78 Å². The zero-order valence-corrected chi connectivity index (χ0v) is 56.3. The SMILES string of the molecule is COC(=O)N[C@H]1[C@@H](C)O[C@@H](O[C@H]2C/C=C(/C)[C@@H]3C=C[C@@H]4[C@@H](O[C@@H]5C[C@@H](O[C@H]6CC[C@@H](O[C@@H]7C[C@@H](O)[C@@H](O[C@H]8CC[C@@H](O)[C@H](C)O8)[C@H](C)O7)[C@H](C)O6)[C@@H](OC(=O)C(C)C)[C@H](C)O5)[C@@H](C)C[C@H](C)[C@H]4[C@]3(C)/C(O)=C3/C(=O)O[C@]4(CC(C=O)=C[C@H](O)[C@H]4/C=C\2C)C3=O)C[C@]1(C)N. The lowest BCUT2D eigenvalue weighted by molar-refractivity contribution is -0.331. The van der Waals surface area contributed by atoms with Gasteiger partial charge in [0.25, 0.3) is 0 Å². The first kappa shape index (κ1) is 71.3. The first-order valence-corrected chi connectivity index (χ1v) is 33.7. The maximum absolute atomic E-state index is 15.6. The van der Waals surface area contributed by atoms with E-state index in [2.05, 4.69) is 25.2 Å². The molecule has 7 fully saturated rings. The molecule has 0 aromatic carbocycles. The molecule has 24 nitrogen and oxygen atoms in total. The van der Waals surface area contributed by atoms with Gasteiger partial charge in [-0.3, -0.25) is 14.4 Å². The summed E-state index contributed by atoms with van der Waals surface area (Å²) < 4.78 is 82.6. The number of ether oxygens (including phenoxy) is 13. The quantitative estimate of drug-likeness (QED) is 0.0347. The first-order chi connectivity index (χ1) is 43.9. The van der Waals surface area contributed by atoms with E-state index in [9.17, 15) is 39.6 Å². The maximum atomic E-state index is 15.6. The average molecular weight is 1310 g/mol. The van der Waals surface area contributed by atoms with E-state index in [1.807, 2.05) is 46.8 Å². The number of amides is 1. The van der Waals surface area contributed by atoms with E-state index in [1.165, 1.54) is 13.2 Å². The number of fused-ring (bicyclic) bond motifs is 4. The molecular formula is C69H102N2O22. The Morgan fingerprint density at radius 1 is 0.710 bits per heavy atom. The number of aliphatic hydroxyl groups excluding tert-OH is 4. The Morgan fingerprint density at radius 3 is 2.00 bits per heavy atom. The molecule has 520 valence electrons. The summed E-state index contributed by atoms with van der Waals surface area (Å²) in [6, 6.07) is -0.639. The smallest absolute Gasteiger partial charge is 0.407 e. The lowest BCUT2D eigenvalue weighted by Gasteiger charge is -2.56. The molecule has 29 atom stereocenters. The number of nitrogens with one attached hydrogen (secondary N) is 1. The Morgan fingerprint density at radius 2 is 1.34 bits per heavy atom. The van der Waals surface area contributed by atoms with Crippen molar-refractivity contribution in [1.29, 1.82) is 0 Å². The lowest BCUT2D eigenvalue weighted by Crippen LogP contribution is -2.66. The number of hydrogen-bond acceptors (Lipinski definition) is 23. The van der Waals surface area contributed by atoms with Gasteiger partial charge in [-0.2, -0.15) is 0 Å². The van der Waals surface area contributed by atoms with Crippen LogP contribution in [0.3, 0.4) is 0 Å². The predicted molar refractivity (Wildman–Crippen MR) is 332 cm³/mol. The van der Waals surface area contributed by atoms with Crippen molar-refractivity contribution in [2.75, 3.05) is 7.11 Å². The van der Waals surface area contributed by atoms with Crippen LogP contribution >= 0.6 is 0 Å². The molecule has 0 radical (unpaired) electrons. The summed E-state index contributed by atoms with van der Waals surface area (Å²) in [6.45, 7) is 24.2. The number of esters is 2. The van der Waals surface area contributed by atoms with Crippen LogP contribution in [-0.2, 0) is 80.8 Å². The van der Waals surface area contributed by atoms with Crippen LogP contribution < -0.4 is 11.1 Å². The minimum atomic E-state index is -2.13. The van der Waals surface area contributed by atoms with Crippen molar-refractivity contribution in [2.24, 2.45) is 52.6 Å². The van der Waals surface area contributed by atoms with E-state index in [4.69, 9.17) is 67.3 Å². The Balaban J connectivity index is 0.906. The third-order valence-corrected chi connectivity index (χ3v) is 21.8. The molecule has 0 aromatic heterocycles. The largest absolute Gasteiger partial charge is 0.511 e. The fourth-order valence-corrected chi connectivity index (χ4v) is 16.9. The van der Waals surface area contributed by atoms with Gasteiger partial charge in [0.1, 0.15) is 29.8 Å². The minimum absolute atomic E-state index is 0.0475. The summed E-state index contributed by atoms with van der Waals surface area (Å²) in [4.78, 5) is 68.8. The zero-order chi connectivity index (χ0) is 67.5. The van der Waals surface area contributed by atoms with Gasteiger partial charge in [0.15, 0.2) is 43.2 Å². The lowest BCUT2D eigenvalue weighted by atomic mass is 9.49. The van der Waals surface area contributed by atoms with Gasteiger partial charge in [-0.1, -0.05) is 64.5 Å². The molecule has 0 aromatic rings. The van der Waals surface area contributed by atoms with Crippen molar-refractivity contribution < 1.29 is 106 Å². The molecule has 10 rings (SSSR count). The van der Waals surface area contributed by atoms with E-state index in [0.29, 0.717) is 44.0 Å². The summed E-state index contributed by atoms with van der Waals surface area (Å²) in [5.74, 6) is -6.32. The van der Waals surface area contributed by atoms with Crippen LogP contribution in [0.2, 0.25) is 0 Å². The molecule has 2 bridgehead atoms. The number of alkyl carbamates (subject to hydrolysis) is 1. The number of rotatable bonds is 14. The molecule has 10 aliphatic rings. The monoisotopic (exact) mass is 1310 g/mol. The Hall–Kier alpha value is -4.51. The number of allylic oxidation sites excluding steroid dienone is 3. The summed E-state index contributed by atoms with van der Waals surface area (Å²) >= 11 is 0. The van der Waals surface area contributed by atoms with Crippen LogP contribution in [0.15, 0.2) is 58.4 Å². The van der Waals surface area contributed by atoms with Gasteiger partial charge in [-0.25, -0.2) is 9.59 Å². The fraction of sp³-hybridized carbons (Fsp3) is 0.783. The fourth-order valence-electron chi connectivity index (χ4n) is 16.9. The molecule has 6 heterocycles. The number of nitrogens with two attached hydrogens (primary N) is 1. The normalized spacial score (nSPS) is 48.3. The summed E-state index contributed by atoms with van der Waals surface area (Å²) in [7, 11) is 1.26. The van der Waals surface area contributed by atoms with E-state index >= 15 is 4.79 Å². The molecule has 7 N–H and O–H groups in total. The summed E-state index contributed by atoms with van der Waals surface area (Å²) in [6.07, 6.45) is -1.73. The van der Waals surface area contributed by atoms with Crippen LogP contribution in [0.1, 0.15) is 154 Å². The number of ketones is 1. The molecule has 6 saturated heterocycles. The molecule has 1 spiro atoms. The Bertz CT molecular complexity index is 2900. The molecule has 6 aliphatic heterocycles. The standard InChI is InChI=1S/C69H102N2O22/c1-31(2)64(78)92-60-39(10)85-54(27-50(60)89-51-22-20-49(37(8)83-51)88-53-26-47(75)59(38(9)84-53)90-52-21-18-45(73)36(7)82-52)91-58-35(6)23-34(5)57-42(58)16-17-43-32(3)15-19-48(87-55-29-67(12,70)61(40(11)86-55)71-66(80)81-14)33(4)24-44-46(74)25-41(30-72)28-69(44)63(77)56(65(79)93-69)62(76)68(43,57)13/h15-17,24-25,30-31,34-40,42-55,57-61,73-76H,18-23,26-29,70H2,1-14H3,(H,71,80)/b32-15-,33-24-,62-56-/t34-,35-,36-,37-,38-,39-,40+,42-,43-,44+,45+,46-,47+,48-,49+,50+,51-,52-,53+,54+,55-,57+,58-,59-,60-,61-,67-,68+,69-/m0/s1. The van der Waals surface area contributed by atoms with Crippen molar-refractivity contribution in [3.8, 4) is 0 Å². The van der Waals surface area contributed by atoms with Crippen LogP contribution in [0.4, 0.5) is 4.79 Å². The van der Waals surface area contributed by atoms with Gasteiger partial charge in [-0.15, -0.1) is 0 Å². The highest BCUT2D eigenvalue weighted by Gasteiger charge is 2.65. The Labute approximate surface area is 545 Å². The van der Waals surface area contributed by atoms with Crippen molar-refractivity contribution >= 4 is 30.1 Å². The van der Waals surface area contributed by atoms with Crippen LogP contribution in [0, 0.1) is 46.8 Å². The third-order valence-electron chi connectivity index (χ3n) is 21.8. The zero-order valence-electron chi connectivity index (χ0n) is 56.3. The average Bonchev–Trinajstić information content (AvgIpc) is 1.69. The summed E-state index contributed by atoms with van der Waals surface area (Å²) in [5.41, 5.74) is 3.19. The Kier molecular flexibility index (Phi) is 21.9. The second-order valence-corrected chi connectivity index (χ2v) is 29.1. The second kappa shape index (κ2) is 28.5. The molecule has 24 heteroatoms. The van der Waals surface area contributed by atoms with E-state index in [1.54, 1.807) is 47.6 Å². The highest BCUT2D eigenvalue weighted by molar-refractivity contribution is 6.26. The van der Waals surface area contributed by atoms with Gasteiger partial charge in [0, 0.05) is 61.3 Å². The van der Waals surface area contributed by atoms with Crippen molar-refractivity contribution in [1.82, 2.24) is 5.32 Å². The van der Waals surface area contributed by atoms with Crippen molar-refractivity contribution in [2.45, 2.75) is 288 Å². The number of methoxy groups -OCH3 is 1. The van der Waals surface area contributed by atoms with E-state index in [-0.39, 0.29) is 49.5 Å². The molecule has 1 saturated carbocycles. The van der Waals surface area contributed by atoms with Crippen LogP contribution in [-0.4, -0.2) is 192 Å². The van der Waals surface area contributed by atoms with Crippen LogP contribution in [0.25, 0.3) is 0 Å². The van der Waals surface area contributed by atoms with Gasteiger partial charge in [0.05, 0.1) is 92.1 Å². The van der Waals surface area contributed by atoms with E-state index in [0.717, 1.165) is 5.57 Å². The molecule has 93 heavy (non-hydrogen) atoms. The first-order valence-electron chi connectivity index (χ1n) is 33.7. The topological polar surface area (TPSA) is 324 Å². The second-order valence-electron chi connectivity index (χ2n) is 29.1. The van der Waals surface area contributed by atoms with Crippen LogP contribution in [0.5, 0.6) is 0 Å². The van der Waals surface area contributed by atoms with Gasteiger partial charge < -0.3 is 93.1 Å². The van der Waals surface area contributed by atoms with Gasteiger partial charge in [-0.05, 0) is 116 Å². The number of hydrogen-bond donors (Lipinski definition) is 6. The molecule has 4 aliphatic carbocycles. The highest BCUT2D eigenvalue weighted by atomic mass is 16.8. The predicted octanol–water partition coefficient (Wildman–Crippen LogP) is 6.68. The van der Waals surface area contributed by atoms with Crippen molar-refractivity contribution in [3.63, 3.8) is 0 Å². The highest BCUT2D eigenvalue weighted by Crippen LogP contribution is 2.61. The summed E-state index contributed by atoms with van der Waals surface area (Å²) in [5, 5.41) is 49.5. The maximum Gasteiger partial charge on any atom is 0.407 e. The molecule has 1 amide bonds. The molecule has 0 unspecified atom stereocenters. The number of carbonyl (C=O) groups excluding carboxylic acids is 5. The minimum Gasteiger partial charge on any atom is -0.511 e. The number of aldehydes is 1. The van der Waals surface area contributed by atoms with Crippen molar-refractivity contribution in [3.05, 3.63) is 58.4 Å². The van der Waals surface area contributed by atoms with E-state index < -0.39 is 204 Å². The number of aliphatic hydroxyl groups is 4. The molecular weight excluding hydrogens is 1210 g/mol. The number of carbonyl (C=O) groups is 5.